The predicted molar refractivity (Wildman–Crippen MR) is 87.0 cm³/mol. The van der Waals surface area contributed by atoms with E-state index in [-0.39, 0.29) is 5.91 Å². The van der Waals surface area contributed by atoms with Crippen molar-refractivity contribution in [3.8, 4) is 0 Å². The number of likely N-dealkylation sites (tertiary alicyclic amines) is 1. The summed E-state index contributed by atoms with van der Waals surface area (Å²) in [5, 5.41) is 0. The molecule has 0 unspecified atom stereocenters. The quantitative estimate of drug-likeness (QED) is 0.775. The monoisotopic (exact) mass is 337 g/mol. The second-order valence-electron chi connectivity index (χ2n) is 5.98. The maximum Gasteiger partial charge on any atom is 0.255 e. The molecule has 0 spiro atoms. The Morgan fingerprint density at radius 3 is 2.40 bits per heavy atom. The van der Waals surface area contributed by atoms with Crippen LogP contribution in [-0.4, -0.2) is 23.9 Å². The van der Waals surface area contributed by atoms with Crippen LogP contribution in [0.3, 0.4) is 0 Å². The van der Waals surface area contributed by atoms with Gasteiger partial charge in [0, 0.05) is 17.6 Å². The third-order valence-corrected chi connectivity index (χ3v) is 5.66. The molecule has 0 N–H and O–H groups in total. The first-order valence-corrected chi connectivity index (χ1v) is 8.36. The van der Waals surface area contributed by atoms with Crippen molar-refractivity contribution in [2.45, 2.75) is 46.5 Å². The van der Waals surface area contributed by atoms with Crippen LogP contribution in [0, 0.1) is 12.3 Å². The van der Waals surface area contributed by atoms with Crippen LogP contribution in [0.5, 0.6) is 0 Å². The normalized spacial score (nSPS) is 18.1. The van der Waals surface area contributed by atoms with Crippen LogP contribution in [0.25, 0.3) is 0 Å². The Kier molecular flexibility index (Phi) is 4.90. The van der Waals surface area contributed by atoms with Gasteiger partial charge in [0.2, 0.25) is 0 Å². The van der Waals surface area contributed by atoms with Crippen LogP contribution in [0.4, 0.5) is 0 Å². The van der Waals surface area contributed by atoms with Gasteiger partial charge in [-0.25, -0.2) is 0 Å². The van der Waals surface area contributed by atoms with E-state index in [0.29, 0.717) is 5.41 Å². The zero-order chi connectivity index (χ0) is 14.8. The molecule has 1 aliphatic rings. The summed E-state index contributed by atoms with van der Waals surface area (Å²) in [4.78, 5) is 14.7. The molecule has 3 heteroatoms. The van der Waals surface area contributed by atoms with Crippen LogP contribution in [0.15, 0.2) is 22.7 Å². The molecular weight excluding hydrogens is 314 g/mol. The van der Waals surface area contributed by atoms with Crippen LogP contribution >= 0.6 is 15.9 Å². The SMILES string of the molecule is CCC1(CC)CCN(C(=O)c2cc(C)ccc2Br)CC1. The number of aryl methyl sites for hydroxylation is 1. The van der Waals surface area contributed by atoms with Crippen LogP contribution in [-0.2, 0) is 0 Å². The molecule has 1 fully saturated rings. The van der Waals surface area contributed by atoms with Gasteiger partial charge in [-0.1, -0.05) is 38.3 Å². The molecular formula is C17H24BrNO. The number of piperidine rings is 1. The summed E-state index contributed by atoms with van der Waals surface area (Å²) in [6.07, 6.45) is 4.71. The number of carbonyl (C=O) groups is 1. The van der Waals surface area contributed by atoms with Crippen molar-refractivity contribution in [2.24, 2.45) is 5.41 Å². The Labute approximate surface area is 130 Å². The highest BCUT2D eigenvalue weighted by molar-refractivity contribution is 9.10. The molecule has 0 radical (unpaired) electrons. The summed E-state index contributed by atoms with van der Waals surface area (Å²) >= 11 is 3.50. The second kappa shape index (κ2) is 6.30. The largest absolute Gasteiger partial charge is 0.339 e. The van der Waals surface area contributed by atoms with Gasteiger partial charge in [-0.3, -0.25) is 4.79 Å². The zero-order valence-electron chi connectivity index (χ0n) is 12.7. The predicted octanol–water partition coefficient (Wildman–Crippen LogP) is 4.80. The fraction of sp³-hybridized carbons (Fsp3) is 0.588. The molecule has 0 bridgehead atoms. The van der Waals surface area contributed by atoms with Crippen molar-refractivity contribution in [3.63, 3.8) is 0 Å². The fourth-order valence-corrected chi connectivity index (χ4v) is 3.53. The minimum absolute atomic E-state index is 0.168. The fourth-order valence-electron chi connectivity index (χ4n) is 3.11. The molecule has 2 rings (SSSR count). The molecule has 1 aromatic rings. The molecule has 2 nitrogen and oxygen atoms in total. The van der Waals surface area contributed by atoms with Gasteiger partial charge < -0.3 is 4.90 Å². The first-order chi connectivity index (χ1) is 9.51. The van der Waals surface area contributed by atoms with Crippen molar-refractivity contribution in [1.29, 1.82) is 0 Å². The maximum absolute atomic E-state index is 12.7. The highest BCUT2D eigenvalue weighted by Crippen LogP contribution is 2.38. The standard InChI is InChI=1S/C17H24BrNO/c1-4-17(5-2)8-10-19(11-9-17)16(20)14-12-13(3)6-7-15(14)18/h6-7,12H,4-5,8-11H2,1-3H3. The number of halogens is 1. The Balaban J connectivity index is 2.10. The zero-order valence-corrected chi connectivity index (χ0v) is 14.3. The van der Waals surface area contributed by atoms with Crippen molar-refractivity contribution >= 4 is 21.8 Å². The number of amides is 1. The smallest absolute Gasteiger partial charge is 0.255 e. The van der Waals surface area contributed by atoms with E-state index in [1.54, 1.807) is 0 Å². The van der Waals surface area contributed by atoms with Crippen molar-refractivity contribution in [3.05, 3.63) is 33.8 Å². The van der Waals surface area contributed by atoms with Crippen LogP contribution in [0.2, 0.25) is 0 Å². The van der Waals surface area contributed by atoms with Gasteiger partial charge in [0.05, 0.1) is 5.56 Å². The van der Waals surface area contributed by atoms with Crippen LogP contribution in [0.1, 0.15) is 55.5 Å². The number of hydrogen-bond acceptors (Lipinski definition) is 1. The summed E-state index contributed by atoms with van der Waals surface area (Å²) in [6.45, 7) is 8.36. The first kappa shape index (κ1) is 15.6. The molecule has 0 saturated carbocycles. The van der Waals surface area contributed by atoms with Gasteiger partial charge >= 0.3 is 0 Å². The summed E-state index contributed by atoms with van der Waals surface area (Å²) in [5.41, 5.74) is 2.39. The van der Waals surface area contributed by atoms with Crippen molar-refractivity contribution < 1.29 is 4.79 Å². The molecule has 0 aliphatic carbocycles. The van der Waals surface area contributed by atoms with Crippen molar-refractivity contribution in [1.82, 2.24) is 4.90 Å². The number of rotatable bonds is 3. The number of carbonyl (C=O) groups excluding carboxylic acids is 1. The van der Waals surface area contributed by atoms with E-state index in [0.717, 1.165) is 41.5 Å². The minimum atomic E-state index is 0.168. The molecule has 0 aromatic heterocycles. The highest BCUT2D eigenvalue weighted by Gasteiger charge is 2.33. The minimum Gasteiger partial charge on any atom is -0.339 e. The Bertz CT molecular complexity index is 484. The Hall–Kier alpha value is -0.830. The van der Waals surface area contributed by atoms with E-state index in [4.69, 9.17) is 0 Å². The lowest BCUT2D eigenvalue weighted by atomic mass is 9.74. The molecule has 0 atom stereocenters. The maximum atomic E-state index is 12.7. The molecule has 1 aromatic carbocycles. The summed E-state index contributed by atoms with van der Waals surface area (Å²) in [7, 11) is 0. The van der Waals surface area contributed by atoms with E-state index in [1.165, 1.54) is 12.8 Å². The second-order valence-corrected chi connectivity index (χ2v) is 6.84. The lowest BCUT2D eigenvalue weighted by molar-refractivity contribution is 0.0557. The van der Waals surface area contributed by atoms with E-state index >= 15 is 0 Å². The Morgan fingerprint density at radius 1 is 1.25 bits per heavy atom. The van der Waals surface area contributed by atoms with E-state index in [2.05, 4.69) is 29.8 Å². The average Bonchev–Trinajstić information content (AvgIpc) is 2.49. The summed E-state index contributed by atoms with van der Waals surface area (Å²) in [6, 6.07) is 5.97. The summed E-state index contributed by atoms with van der Waals surface area (Å²) < 4.78 is 0.899. The van der Waals surface area contributed by atoms with Gasteiger partial charge in [0.15, 0.2) is 0 Å². The van der Waals surface area contributed by atoms with Gasteiger partial charge in [-0.2, -0.15) is 0 Å². The van der Waals surface area contributed by atoms with Gasteiger partial charge in [-0.15, -0.1) is 0 Å². The lowest BCUT2D eigenvalue weighted by Gasteiger charge is -2.41. The average molecular weight is 338 g/mol. The molecule has 1 heterocycles. The molecule has 20 heavy (non-hydrogen) atoms. The molecule has 1 aliphatic heterocycles. The van der Waals surface area contributed by atoms with E-state index in [1.807, 2.05) is 30.0 Å². The highest BCUT2D eigenvalue weighted by atomic mass is 79.9. The topological polar surface area (TPSA) is 20.3 Å². The summed E-state index contributed by atoms with van der Waals surface area (Å²) in [5.74, 6) is 0.168. The lowest BCUT2D eigenvalue weighted by Crippen LogP contribution is -2.42. The number of nitrogens with zero attached hydrogens (tertiary/aromatic N) is 1. The van der Waals surface area contributed by atoms with Gasteiger partial charge in [0.25, 0.3) is 5.91 Å². The molecule has 1 saturated heterocycles. The molecule has 110 valence electrons. The van der Waals surface area contributed by atoms with Gasteiger partial charge in [0.1, 0.15) is 0 Å². The van der Waals surface area contributed by atoms with Crippen LogP contribution < -0.4 is 0 Å². The van der Waals surface area contributed by atoms with E-state index in [9.17, 15) is 4.79 Å². The number of benzene rings is 1. The Morgan fingerprint density at radius 2 is 1.85 bits per heavy atom. The third kappa shape index (κ3) is 3.08. The molecule has 1 amide bonds. The van der Waals surface area contributed by atoms with Crippen molar-refractivity contribution in [2.75, 3.05) is 13.1 Å². The van der Waals surface area contributed by atoms with Gasteiger partial charge in [-0.05, 0) is 53.2 Å². The van der Waals surface area contributed by atoms with E-state index < -0.39 is 0 Å². The number of hydrogen-bond donors (Lipinski definition) is 0. The first-order valence-electron chi connectivity index (χ1n) is 7.57. The third-order valence-electron chi connectivity index (χ3n) is 4.96.